The van der Waals surface area contributed by atoms with Gasteiger partial charge in [0.2, 0.25) is 23.6 Å². The number of rotatable bonds is 17. The molecule has 4 amide bonds. The minimum Gasteiger partial charge on any atom is -0.508 e. The maximum atomic E-state index is 12.9. The second-order valence-electron chi connectivity index (χ2n) is 8.64. The van der Waals surface area contributed by atoms with Crippen LogP contribution in [0.2, 0.25) is 0 Å². The summed E-state index contributed by atoms with van der Waals surface area (Å²) in [5.41, 5.74) is 22.1. The Kier molecular flexibility index (Phi) is 13.7. The fourth-order valence-electron chi connectivity index (χ4n) is 3.31. The van der Waals surface area contributed by atoms with E-state index in [4.69, 9.17) is 22.9 Å². The zero-order valence-electron chi connectivity index (χ0n) is 21.2. The molecule has 0 saturated carbocycles. The first-order valence-electron chi connectivity index (χ1n) is 12.0. The Morgan fingerprint density at radius 2 is 1.41 bits per heavy atom. The number of guanidine groups is 1. The molecule has 1 aromatic rings. The van der Waals surface area contributed by atoms with Crippen molar-refractivity contribution in [2.75, 3.05) is 13.2 Å². The topological polar surface area (TPSA) is 299 Å². The number of aromatic hydroxyl groups is 1. The number of nitrogens with one attached hydrogen (secondary N) is 3. The number of aliphatic hydroxyl groups is 1. The number of carbonyl (C=O) groups excluding carboxylic acids is 4. The summed E-state index contributed by atoms with van der Waals surface area (Å²) in [6.07, 6.45) is -0.351. The molecule has 0 aliphatic rings. The lowest BCUT2D eigenvalue weighted by molar-refractivity contribution is -0.142. The largest absolute Gasteiger partial charge is 0.508 e. The van der Waals surface area contributed by atoms with E-state index in [0.29, 0.717) is 5.56 Å². The Balaban J connectivity index is 2.91. The number of hydrogen-bond donors (Lipinski definition) is 10. The molecule has 0 heterocycles. The molecule has 1 rings (SSSR count). The highest BCUT2D eigenvalue weighted by atomic mass is 16.4. The Morgan fingerprint density at radius 3 is 1.95 bits per heavy atom. The van der Waals surface area contributed by atoms with Crippen LogP contribution in [0.5, 0.6) is 5.75 Å². The van der Waals surface area contributed by atoms with Crippen LogP contribution in [0.3, 0.4) is 0 Å². The molecule has 0 aromatic heterocycles. The van der Waals surface area contributed by atoms with E-state index >= 15 is 0 Å². The highest BCUT2D eigenvalue weighted by Gasteiger charge is 2.30. The SMILES string of the molecule is NC(=O)CCC(NC(=O)C(CCCN=C(N)N)NC(=O)C(CO)NC(=O)C(N)Cc1ccc(O)cc1)C(=O)O. The number of phenols is 1. The zero-order valence-corrected chi connectivity index (χ0v) is 21.2. The average Bonchev–Trinajstić information content (AvgIpc) is 2.87. The first-order chi connectivity index (χ1) is 18.3. The molecule has 0 saturated heterocycles. The minimum absolute atomic E-state index is 0.0354. The molecule has 16 heteroatoms. The second-order valence-corrected chi connectivity index (χ2v) is 8.64. The summed E-state index contributed by atoms with van der Waals surface area (Å²) in [4.78, 5) is 64.5. The Labute approximate surface area is 224 Å². The molecular weight excluding hydrogens is 516 g/mol. The van der Waals surface area contributed by atoms with Crippen molar-refractivity contribution in [1.29, 1.82) is 0 Å². The number of carboxylic acids is 1. The van der Waals surface area contributed by atoms with E-state index in [1.54, 1.807) is 12.1 Å². The second kappa shape index (κ2) is 16.4. The number of amides is 4. The molecule has 39 heavy (non-hydrogen) atoms. The van der Waals surface area contributed by atoms with Gasteiger partial charge in [-0.2, -0.15) is 0 Å². The molecule has 0 aliphatic carbocycles. The fraction of sp³-hybridized carbons (Fsp3) is 0.478. The predicted octanol–water partition coefficient (Wildman–Crippen LogP) is -3.89. The van der Waals surface area contributed by atoms with Gasteiger partial charge < -0.3 is 54.2 Å². The van der Waals surface area contributed by atoms with Crippen molar-refractivity contribution in [1.82, 2.24) is 16.0 Å². The molecule has 0 radical (unpaired) electrons. The number of primary amides is 1. The van der Waals surface area contributed by atoms with Crippen molar-refractivity contribution in [3.05, 3.63) is 29.8 Å². The number of nitrogens with zero attached hydrogens (tertiary/aromatic N) is 1. The van der Waals surface area contributed by atoms with Crippen LogP contribution in [0.1, 0.15) is 31.2 Å². The van der Waals surface area contributed by atoms with Crippen LogP contribution in [-0.4, -0.2) is 88.2 Å². The summed E-state index contributed by atoms with van der Waals surface area (Å²) >= 11 is 0. The van der Waals surface area contributed by atoms with Crippen LogP contribution in [0.15, 0.2) is 29.3 Å². The summed E-state index contributed by atoms with van der Waals surface area (Å²) in [5.74, 6) is -4.92. The van der Waals surface area contributed by atoms with Gasteiger partial charge in [0.15, 0.2) is 5.96 Å². The highest BCUT2D eigenvalue weighted by molar-refractivity contribution is 5.94. The van der Waals surface area contributed by atoms with Crippen molar-refractivity contribution in [3.63, 3.8) is 0 Å². The van der Waals surface area contributed by atoms with Crippen molar-refractivity contribution in [2.45, 2.75) is 56.3 Å². The number of aliphatic imine (C=N–C) groups is 1. The average molecular weight is 553 g/mol. The van der Waals surface area contributed by atoms with Gasteiger partial charge in [0.05, 0.1) is 12.6 Å². The molecule has 4 unspecified atom stereocenters. The fourth-order valence-corrected chi connectivity index (χ4v) is 3.31. The van der Waals surface area contributed by atoms with Crippen molar-refractivity contribution in [3.8, 4) is 5.75 Å². The van der Waals surface area contributed by atoms with Crippen LogP contribution in [0, 0.1) is 0 Å². The highest BCUT2D eigenvalue weighted by Crippen LogP contribution is 2.11. The molecule has 4 atom stereocenters. The lowest BCUT2D eigenvalue weighted by atomic mass is 10.1. The summed E-state index contributed by atoms with van der Waals surface area (Å²) in [5, 5.41) is 35.4. The first kappa shape index (κ1) is 32.6. The van der Waals surface area contributed by atoms with Crippen molar-refractivity contribution < 1.29 is 39.3 Å². The Bertz CT molecular complexity index is 1030. The van der Waals surface area contributed by atoms with Crippen molar-refractivity contribution in [2.24, 2.45) is 27.9 Å². The number of hydrogen-bond acceptors (Lipinski definition) is 9. The molecule has 0 fully saturated rings. The van der Waals surface area contributed by atoms with Gasteiger partial charge in [0, 0.05) is 13.0 Å². The van der Waals surface area contributed by atoms with Gasteiger partial charge in [-0.1, -0.05) is 12.1 Å². The van der Waals surface area contributed by atoms with E-state index in [0.717, 1.165) is 0 Å². The summed E-state index contributed by atoms with van der Waals surface area (Å²) in [6, 6.07) is 0.622. The molecule has 16 nitrogen and oxygen atoms in total. The van der Waals surface area contributed by atoms with E-state index in [1.807, 2.05) is 0 Å². The quantitative estimate of drug-likeness (QED) is 0.0506. The standard InChI is InChI=1S/C23H36N8O8/c24-14(10-12-3-5-13(33)6-4-12)19(35)31-17(11-32)21(37)29-15(2-1-9-28-23(26)27)20(36)30-16(22(38)39)7-8-18(25)34/h3-6,14-17,32-33H,1-2,7-11,24H2,(H2,25,34)(H,29,37)(H,30,36)(H,31,35)(H,38,39)(H4,26,27,28). The minimum atomic E-state index is -1.48. The van der Waals surface area contributed by atoms with E-state index in [9.17, 15) is 39.3 Å². The smallest absolute Gasteiger partial charge is 0.326 e. The Morgan fingerprint density at radius 1 is 0.846 bits per heavy atom. The van der Waals surface area contributed by atoms with E-state index in [1.165, 1.54) is 12.1 Å². The lowest BCUT2D eigenvalue weighted by Crippen LogP contribution is -2.58. The summed E-state index contributed by atoms with van der Waals surface area (Å²) < 4.78 is 0. The summed E-state index contributed by atoms with van der Waals surface area (Å²) in [6.45, 7) is -0.736. The molecule has 216 valence electrons. The monoisotopic (exact) mass is 552 g/mol. The number of aliphatic hydroxyl groups excluding tert-OH is 1. The van der Waals surface area contributed by atoms with Gasteiger partial charge in [-0.25, -0.2) is 4.79 Å². The third-order valence-corrected chi connectivity index (χ3v) is 5.42. The number of phenolic OH excluding ortho intramolecular Hbond substituents is 1. The number of carbonyl (C=O) groups is 5. The molecule has 0 bridgehead atoms. The number of nitrogens with two attached hydrogens (primary N) is 4. The first-order valence-corrected chi connectivity index (χ1v) is 12.0. The molecular formula is C23H36N8O8. The molecule has 14 N–H and O–H groups in total. The molecule has 0 aliphatic heterocycles. The third kappa shape index (κ3) is 12.6. The lowest BCUT2D eigenvalue weighted by Gasteiger charge is -2.24. The van der Waals surface area contributed by atoms with Gasteiger partial charge >= 0.3 is 5.97 Å². The number of aliphatic carboxylic acids is 1. The van der Waals surface area contributed by atoms with Crippen LogP contribution in [0.4, 0.5) is 0 Å². The summed E-state index contributed by atoms with van der Waals surface area (Å²) in [7, 11) is 0. The maximum absolute atomic E-state index is 12.9. The third-order valence-electron chi connectivity index (χ3n) is 5.42. The van der Waals surface area contributed by atoms with Crippen LogP contribution in [0.25, 0.3) is 0 Å². The van der Waals surface area contributed by atoms with Gasteiger partial charge in [-0.15, -0.1) is 0 Å². The molecule has 1 aromatic carbocycles. The van der Waals surface area contributed by atoms with E-state index in [2.05, 4.69) is 20.9 Å². The van der Waals surface area contributed by atoms with E-state index in [-0.39, 0.29) is 50.4 Å². The maximum Gasteiger partial charge on any atom is 0.326 e. The predicted molar refractivity (Wildman–Crippen MR) is 139 cm³/mol. The van der Waals surface area contributed by atoms with Gasteiger partial charge in [-0.05, 0) is 43.4 Å². The van der Waals surface area contributed by atoms with Crippen LogP contribution < -0.4 is 38.9 Å². The van der Waals surface area contributed by atoms with Crippen molar-refractivity contribution >= 4 is 35.6 Å². The van der Waals surface area contributed by atoms with Crippen LogP contribution in [-0.2, 0) is 30.4 Å². The molecule has 0 spiro atoms. The van der Waals surface area contributed by atoms with Gasteiger partial charge in [0.25, 0.3) is 0 Å². The normalized spacial score (nSPS) is 13.7. The zero-order chi connectivity index (χ0) is 29.5. The number of carboxylic acid groups (broad SMARTS) is 1. The Hall–Kier alpha value is -4.44. The van der Waals surface area contributed by atoms with Gasteiger partial charge in [0.1, 0.15) is 23.9 Å². The van der Waals surface area contributed by atoms with Crippen LogP contribution >= 0.6 is 0 Å². The number of benzene rings is 1. The van der Waals surface area contributed by atoms with Gasteiger partial charge in [-0.3, -0.25) is 24.2 Å². The van der Waals surface area contributed by atoms with E-state index < -0.39 is 60.4 Å².